The average Bonchev–Trinajstić information content (AvgIpc) is 2.38. The molecule has 1 aromatic heterocycles. The Labute approximate surface area is 110 Å². The van der Waals surface area contributed by atoms with E-state index in [9.17, 15) is 0 Å². The van der Waals surface area contributed by atoms with Gasteiger partial charge in [-0.3, -0.25) is 0 Å². The second kappa shape index (κ2) is 4.14. The minimum absolute atomic E-state index is 0.523. The molecule has 3 aromatic rings. The molecule has 0 aliphatic carbocycles. The Balaban J connectivity index is 2.59. The maximum Gasteiger partial charge on any atom is 0.130 e. The van der Waals surface area contributed by atoms with Crippen molar-refractivity contribution in [3.8, 4) is 5.75 Å². The number of methoxy groups -OCH3 is 1. The molecule has 0 bridgehead atoms. The summed E-state index contributed by atoms with van der Waals surface area (Å²) in [6.07, 6.45) is 0. The number of hydrogen-bond acceptors (Lipinski definition) is 2. The smallest absolute Gasteiger partial charge is 0.130 e. The zero-order valence-corrected chi connectivity index (χ0v) is 11.0. The summed E-state index contributed by atoms with van der Waals surface area (Å²) in [4.78, 5) is 4.45. The lowest BCUT2D eigenvalue weighted by atomic mass is 10.0. The molecule has 90 valence electrons. The van der Waals surface area contributed by atoms with Gasteiger partial charge in [-0.15, -0.1) is 0 Å². The Hall–Kier alpha value is -1.80. The molecule has 3 heteroatoms. The SMILES string of the molecule is COc1cc2c(C)cc(Cl)nc2c2ccccc12. The molecule has 1 heterocycles. The molecule has 0 N–H and O–H groups in total. The highest BCUT2D eigenvalue weighted by Gasteiger charge is 2.10. The van der Waals surface area contributed by atoms with Crippen molar-refractivity contribution in [1.82, 2.24) is 4.98 Å². The van der Waals surface area contributed by atoms with Crippen LogP contribution in [0.2, 0.25) is 5.15 Å². The molecule has 2 aromatic carbocycles. The Bertz CT molecular complexity index is 752. The van der Waals surface area contributed by atoms with Gasteiger partial charge in [0.25, 0.3) is 0 Å². The molecule has 0 saturated heterocycles. The van der Waals surface area contributed by atoms with Gasteiger partial charge in [0.15, 0.2) is 0 Å². The normalized spacial score (nSPS) is 11.1. The van der Waals surface area contributed by atoms with Gasteiger partial charge < -0.3 is 4.74 Å². The molecule has 0 radical (unpaired) electrons. The molecule has 0 amide bonds. The number of nitrogens with zero attached hydrogens (tertiary/aromatic N) is 1. The van der Waals surface area contributed by atoms with Gasteiger partial charge in [0.1, 0.15) is 10.9 Å². The third kappa shape index (κ3) is 1.61. The molecule has 0 aliphatic rings. The lowest BCUT2D eigenvalue weighted by molar-refractivity contribution is 0.420. The first-order valence-corrected chi connectivity index (χ1v) is 6.11. The molecule has 0 aliphatic heterocycles. The fourth-order valence-corrected chi connectivity index (χ4v) is 2.56. The maximum atomic E-state index is 6.06. The van der Waals surface area contributed by atoms with Crippen LogP contribution in [-0.2, 0) is 0 Å². The summed E-state index contributed by atoms with van der Waals surface area (Å²) in [5.74, 6) is 0.866. The number of ether oxygens (including phenoxy) is 1. The first-order valence-electron chi connectivity index (χ1n) is 5.73. The summed E-state index contributed by atoms with van der Waals surface area (Å²) < 4.78 is 5.46. The monoisotopic (exact) mass is 257 g/mol. The Morgan fingerprint density at radius 3 is 2.50 bits per heavy atom. The molecule has 0 unspecified atom stereocenters. The lowest BCUT2D eigenvalue weighted by Gasteiger charge is -2.10. The summed E-state index contributed by atoms with van der Waals surface area (Å²) in [7, 11) is 1.69. The summed E-state index contributed by atoms with van der Waals surface area (Å²) >= 11 is 6.06. The van der Waals surface area contributed by atoms with Crippen molar-refractivity contribution in [2.45, 2.75) is 6.92 Å². The van der Waals surface area contributed by atoms with Crippen LogP contribution in [0.4, 0.5) is 0 Å². The van der Waals surface area contributed by atoms with Crippen molar-refractivity contribution < 1.29 is 4.74 Å². The second-order valence-corrected chi connectivity index (χ2v) is 4.67. The van der Waals surface area contributed by atoms with E-state index in [4.69, 9.17) is 16.3 Å². The first kappa shape index (κ1) is 11.3. The maximum absolute atomic E-state index is 6.06. The van der Waals surface area contributed by atoms with Gasteiger partial charge in [-0.1, -0.05) is 35.9 Å². The molecule has 0 saturated carbocycles. The van der Waals surface area contributed by atoms with E-state index in [0.29, 0.717) is 5.15 Å². The van der Waals surface area contributed by atoms with E-state index < -0.39 is 0 Å². The fraction of sp³-hybridized carbons (Fsp3) is 0.133. The van der Waals surface area contributed by atoms with Gasteiger partial charge in [-0.05, 0) is 24.6 Å². The highest BCUT2D eigenvalue weighted by Crippen LogP contribution is 2.34. The summed E-state index contributed by atoms with van der Waals surface area (Å²) in [5, 5.41) is 3.73. The van der Waals surface area contributed by atoms with Crippen LogP contribution in [0.15, 0.2) is 36.4 Å². The van der Waals surface area contributed by atoms with E-state index in [2.05, 4.69) is 4.98 Å². The van der Waals surface area contributed by atoms with Crippen molar-refractivity contribution in [3.05, 3.63) is 47.1 Å². The number of hydrogen-bond donors (Lipinski definition) is 0. The number of fused-ring (bicyclic) bond motifs is 3. The summed E-state index contributed by atoms with van der Waals surface area (Å²) in [5.41, 5.74) is 2.03. The average molecular weight is 258 g/mol. The summed E-state index contributed by atoms with van der Waals surface area (Å²) in [6, 6.07) is 12.0. The minimum atomic E-state index is 0.523. The predicted octanol–water partition coefficient (Wildman–Crippen LogP) is 4.36. The molecular formula is C15H12ClNO. The van der Waals surface area contributed by atoms with Crippen LogP contribution < -0.4 is 4.74 Å². The van der Waals surface area contributed by atoms with Crippen LogP contribution in [0.3, 0.4) is 0 Å². The van der Waals surface area contributed by atoms with Crippen LogP contribution in [0.25, 0.3) is 21.7 Å². The molecule has 18 heavy (non-hydrogen) atoms. The highest BCUT2D eigenvalue weighted by molar-refractivity contribution is 6.30. The van der Waals surface area contributed by atoms with Gasteiger partial charge in [-0.25, -0.2) is 4.98 Å². The van der Waals surface area contributed by atoms with Crippen molar-refractivity contribution >= 4 is 33.3 Å². The lowest BCUT2D eigenvalue weighted by Crippen LogP contribution is -1.90. The van der Waals surface area contributed by atoms with E-state index >= 15 is 0 Å². The Kier molecular flexibility index (Phi) is 2.60. The molecule has 0 atom stereocenters. The van der Waals surface area contributed by atoms with Gasteiger partial charge >= 0.3 is 0 Å². The number of aryl methyl sites for hydroxylation is 1. The van der Waals surface area contributed by atoms with Gasteiger partial charge in [0.05, 0.1) is 12.6 Å². The zero-order chi connectivity index (χ0) is 12.7. The molecule has 0 spiro atoms. The van der Waals surface area contributed by atoms with E-state index in [1.807, 2.05) is 43.3 Å². The molecule has 2 nitrogen and oxygen atoms in total. The van der Waals surface area contributed by atoms with Gasteiger partial charge in [0.2, 0.25) is 0 Å². The van der Waals surface area contributed by atoms with Crippen LogP contribution in [0, 0.1) is 6.92 Å². The van der Waals surface area contributed by atoms with Crippen molar-refractivity contribution in [3.63, 3.8) is 0 Å². The van der Waals surface area contributed by atoms with Gasteiger partial charge in [0, 0.05) is 16.2 Å². The number of pyridine rings is 1. The van der Waals surface area contributed by atoms with Crippen LogP contribution in [0.5, 0.6) is 5.75 Å². The van der Waals surface area contributed by atoms with Crippen molar-refractivity contribution in [2.75, 3.05) is 7.11 Å². The van der Waals surface area contributed by atoms with E-state index in [-0.39, 0.29) is 0 Å². The topological polar surface area (TPSA) is 22.1 Å². The first-order chi connectivity index (χ1) is 8.70. The second-order valence-electron chi connectivity index (χ2n) is 4.28. The third-order valence-electron chi connectivity index (χ3n) is 3.18. The molecule has 3 rings (SSSR count). The number of rotatable bonds is 1. The van der Waals surface area contributed by atoms with Crippen molar-refractivity contribution in [2.24, 2.45) is 0 Å². The quantitative estimate of drug-likeness (QED) is 0.477. The number of halogens is 1. The Morgan fingerprint density at radius 1 is 1.06 bits per heavy atom. The predicted molar refractivity (Wildman–Crippen MR) is 75.5 cm³/mol. The minimum Gasteiger partial charge on any atom is -0.496 e. The zero-order valence-electron chi connectivity index (χ0n) is 10.2. The van der Waals surface area contributed by atoms with Crippen molar-refractivity contribution in [1.29, 1.82) is 0 Å². The number of benzene rings is 2. The summed E-state index contributed by atoms with van der Waals surface area (Å²) in [6.45, 7) is 2.03. The number of aromatic nitrogens is 1. The van der Waals surface area contributed by atoms with E-state index in [1.165, 1.54) is 0 Å². The standard InChI is InChI=1S/C15H12ClNO/c1-9-7-14(16)17-15-11-6-4-3-5-10(11)13(18-2)8-12(9)15/h3-8H,1-2H3. The largest absolute Gasteiger partial charge is 0.496 e. The van der Waals surface area contributed by atoms with Crippen LogP contribution in [0.1, 0.15) is 5.56 Å². The fourth-order valence-electron chi connectivity index (χ4n) is 2.31. The van der Waals surface area contributed by atoms with Gasteiger partial charge in [-0.2, -0.15) is 0 Å². The van der Waals surface area contributed by atoms with E-state index in [0.717, 1.165) is 33.0 Å². The van der Waals surface area contributed by atoms with Crippen LogP contribution >= 0.6 is 11.6 Å². The van der Waals surface area contributed by atoms with E-state index in [1.54, 1.807) is 7.11 Å². The molecule has 0 fully saturated rings. The Morgan fingerprint density at radius 2 is 1.78 bits per heavy atom. The third-order valence-corrected chi connectivity index (χ3v) is 3.37. The molecular weight excluding hydrogens is 246 g/mol. The highest BCUT2D eigenvalue weighted by atomic mass is 35.5. The van der Waals surface area contributed by atoms with Crippen LogP contribution in [-0.4, -0.2) is 12.1 Å².